The maximum absolute atomic E-state index is 2.23. The number of unbranched alkanes of at least 4 members (excludes halogenated alkanes) is 2. The molecule has 0 amide bonds. The van der Waals surface area contributed by atoms with Gasteiger partial charge in [-0.3, -0.25) is 0 Å². The molecule has 0 aliphatic carbocycles. The number of hydrogen-bond acceptors (Lipinski definition) is 0. The molecule has 116 valence electrons. The predicted octanol–water partition coefficient (Wildman–Crippen LogP) is -0.498. The molecule has 0 saturated heterocycles. The van der Waals surface area contributed by atoms with Crippen molar-refractivity contribution in [2.24, 2.45) is 0 Å². The third-order valence-corrected chi connectivity index (χ3v) is 3.10. The molecule has 0 aliphatic heterocycles. The first kappa shape index (κ1) is 26.9. The van der Waals surface area contributed by atoms with E-state index in [4.69, 9.17) is 0 Å². The van der Waals surface area contributed by atoms with Crippen molar-refractivity contribution in [3.05, 3.63) is 59.7 Å². The van der Waals surface area contributed by atoms with Gasteiger partial charge in [0.1, 0.15) is 0 Å². The SMILES string of the molecule is CCCC[c-]1cccc1.CCCC[c-]1cccc1.[Hf+4].[I-].[I-]. The Labute approximate surface area is 184 Å². The predicted molar refractivity (Wildman–Crippen MR) is 81.3 cm³/mol. The van der Waals surface area contributed by atoms with Crippen molar-refractivity contribution in [1.82, 2.24) is 0 Å². The van der Waals surface area contributed by atoms with Gasteiger partial charge in [0.15, 0.2) is 0 Å². The molecule has 3 heteroatoms. The van der Waals surface area contributed by atoms with Gasteiger partial charge in [-0.25, -0.2) is 24.3 Å². The average Bonchev–Trinajstić information content (AvgIpc) is 3.07. The molecule has 0 bridgehead atoms. The van der Waals surface area contributed by atoms with Crippen molar-refractivity contribution < 1.29 is 73.8 Å². The second kappa shape index (κ2) is 19.1. The van der Waals surface area contributed by atoms with Gasteiger partial charge < -0.3 is 48.0 Å². The third-order valence-electron chi connectivity index (χ3n) is 3.10. The van der Waals surface area contributed by atoms with Gasteiger partial charge in [-0.15, -0.1) is 0 Å². The summed E-state index contributed by atoms with van der Waals surface area (Å²) in [5.41, 5.74) is 2.97. The molecule has 2 aromatic carbocycles. The van der Waals surface area contributed by atoms with Gasteiger partial charge in [0.2, 0.25) is 0 Å². The Balaban J connectivity index is -0.000000270. The summed E-state index contributed by atoms with van der Waals surface area (Å²) >= 11 is 0. The van der Waals surface area contributed by atoms with E-state index in [1.807, 2.05) is 0 Å². The van der Waals surface area contributed by atoms with E-state index in [-0.39, 0.29) is 73.8 Å². The number of hydrogen-bond donors (Lipinski definition) is 0. The Hall–Kier alpha value is 1.03. The van der Waals surface area contributed by atoms with Crippen molar-refractivity contribution >= 4 is 0 Å². The molecule has 21 heavy (non-hydrogen) atoms. The Morgan fingerprint density at radius 2 is 0.905 bits per heavy atom. The second-order valence-corrected chi connectivity index (χ2v) is 4.79. The average molecular weight is 675 g/mol. The molecule has 0 fully saturated rings. The summed E-state index contributed by atoms with van der Waals surface area (Å²) in [6.45, 7) is 4.45. The Kier molecular flexibility index (Phi) is 24.4. The summed E-state index contributed by atoms with van der Waals surface area (Å²) in [6.07, 6.45) is 7.75. The van der Waals surface area contributed by atoms with Crippen molar-refractivity contribution in [3.8, 4) is 0 Å². The van der Waals surface area contributed by atoms with Crippen LogP contribution in [0.15, 0.2) is 48.5 Å². The summed E-state index contributed by atoms with van der Waals surface area (Å²) in [7, 11) is 0. The molecule has 0 saturated carbocycles. The van der Waals surface area contributed by atoms with E-state index in [2.05, 4.69) is 62.4 Å². The van der Waals surface area contributed by atoms with Crippen LogP contribution in [0.5, 0.6) is 0 Å². The van der Waals surface area contributed by atoms with Crippen molar-refractivity contribution in [1.29, 1.82) is 0 Å². The van der Waals surface area contributed by atoms with Crippen molar-refractivity contribution in [2.45, 2.75) is 52.4 Å². The van der Waals surface area contributed by atoms with Crippen LogP contribution in [0.25, 0.3) is 0 Å². The quantitative estimate of drug-likeness (QED) is 0.221. The standard InChI is InChI=1S/2C9H13.Hf.2HI/c2*1-2-3-6-9-7-4-5-8-9;;;/h2*4-5,7-8H,2-3,6H2,1H3;;2*1H/q2*-1;+4;;/p-2. The Bertz CT molecular complexity index is 328. The maximum Gasteiger partial charge on any atom is 4.00 e. The molecular weight excluding hydrogens is 648 g/mol. The molecule has 0 radical (unpaired) electrons. The van der Waals surface area contributed by atoms with Crippen LogP contribution < -0.4 is 48.0 Å². The fraction of sp³-hybridized carbons (Fsp3) is 0.444. The minimum absolute atomic E-state index is 0. The summed E-state index contributed by atoms with van der Waals surface area (Å²) in [6, 6.07) is 17.2. The fourth-order valence-corrected chi connectivity index (χ4v) is 1.92. The van der Waals surface area contributed by atoms with Crippen LogP contribution in [0.1, 0.15) is 50.7 Å². The molecule has 0 spiro atoms. The largest absolute Gasteiger partial charge is 4.00 e. The number of halogens is 2. The van der Waals surface area contributed by atoms with E-state index in [0.29, 0.717) is 0 Å². The second-order valence-electron chi connectivity index (χ2n) is 4.79. The van der Waals surface area contributed by atoms with E-state index >= 15 is 0 Å². The van der Waals surface area contributed by atoms with Gasteiger partial charge in [-0.05, 0) is 0 Å². The maximum atomic E-state index is 2.23. The van der Waals surface area contributed by atoms with Crippen LogP contribution >= 0.6 is 0 Å². The van der Waals surface area contributed by atoms with E-state index in [1.165, 1.54) is 49.7 Å². The first-order valence-corrected chi connectivity index (χ1v) is 7.28. The minimum atomic E-state index is 0. The summed E-state index contributed by atoms with van der Waals surface area (Å²) in [4.78, 5) is 0. The summed E-state index contributed by atoms with van der Waals surface area (Å²) in [5.74, 6) is 0. The molecule has 2 rings (SSSR count). The van der Waals surface area contributed by atoms with Crippen LogP contribution in [-0.4, -0.2) is 0 Å². The minimum Gasteiger partial charge on any atom is -1.00 e. The zero-order valence-electron chi connectivity index (χ0n) is 13.1. The first-order chi connectivity index (χ1) is 8.86. The van der Waals surface area contributed by atoms with Crippen LogP contribution in [0.2, 0.25) is 0 Å². The fourth-order valence-electron chi connectivity index (χ4n) is 1.92. The monoisotopic (exact) mass is 676 g/mol. The molecule has 0 nitrogen and oxygen atoms in total. The van der Waals surface area contributed by atoms with Crippen LogP contribution in [0, 0.1) is 0 Å². The van der Waals surface area contributed by atoms with Crippen LogP contribution in [0.3, 0.4) is 0 Å². The third kappa shape index (κ3) is 14.4. The molecule has 0 atom stereocenters. The van der Waals surface area contributed by atoms with E-state index < -0.39 is 0 Å². The Morgan fingerprint density at radius 1 is 0.619 bits per heavy atom. The number of rotatable bonds is 6. The van der Waals surface area contributed by atoms with E-state index in [9.17, 15) is 0 Å². The van der Waals surface area contributed by atoms with Crippen LogP contribution in [0.4, 0.5) is 0 Å². The van der Waals surface area contributed by atoms with E-state index in [0.717, 1.165) is 0 Å². The molecular formula is C18H26HfI2. The van der Waals surface area contributed by atoms with Crippen molar-refractivity contribution in [2.75, 3.05) is 0 Å². The van der Waals surface area contributed by atoms with Gasteiger partial charge in [-0.1, -0.05) is 52.4 Å². The summed E-state index contributed by atoms with van der Waals surface area (Å²) < 4.78 is 0. The topological polar surface area (TPSA) is 0 Å². The molecule has 0 aromatic heterocycles. The molecule has 2 aromatic rings. The van der Waals surface area contributed by atoms with Gasteiger partial charge in [-0.2, -0.15) is 35.4 Å². The first-order valence-electron chi connectivity index (χ1n) is 7.28. The smallest absolute Gasteiger partial charge is 1.00 e. The zero-order valence-corrected chi connectivity index (χ0v) is 21.0. The molecule has 0 unspecified atom stereocenters. The van der Waals surface area contributed by atoms with Crippen LogP contribution in [-0.2, 0) is 38.7 Å². The Morgan fingerprint density at radius 3 is 1.14 bits per heavy atom. The molecule has 0 N–H and O–H groups in total. The van der Waals surface area contributed by atoms with Crippen molar-refractivity contribution in [3.63, 3.8) is 0 Å². The van der Waals surface area contributed by atoms with Gasteiger partial charge in [0, 0.05) is 0 Å². The molecule has 0 aliphatic rings. The molecule has 0 heterocycles. The van der Waals surface area contributed by atoms with Gasteiger partial charge >= 0.3 is 25.8 Å². The van der Waals surface area contributed by atoms with Gasteiger partial charge in [0.05, 0.1) is 0 Å². The van der Waals surface area contributed by atoms with Gasteiger partial charge in [0.25, 0.3) is 0 Å². The normalized spacial score (nSPS) is 8.48. The zero-order chi connectivity index (χ0) is 13.1. The van der Waals surface area contributed by atoms with E-state index in [1.54, 1.807) is 0 Å². The summed E-state index contributed by atoms with van der Waals surface area (Å²) in [5, 5.41) is 0. The number of aryl methyl sites for hydroxylation is 2.